The van der Waals surface area contributed by atoms with Gasteiger partial charge in [-0.1, -0.05) is 0 Å². The van der Waals surface area contributed by atoms with Crippen LogP contribution in [0.1, 0.15) is 12.6 Å². The Hall–Kier alpha value is -1.32. The molecule has 60 valence electrons. The highest BCUT2D eigenvalue weighted by Gasteiger charge is 1.99. The Labute approximate surface area is 65.7 Å². The van der Waals surface area contributed by atoms with Gasteiger partial charge in [0.15, 0.2) is 0 Å². The largest absolute Gasteiger partial charge is 0.382 e. The summed E-state index contributed by atoms with van der Waals surface area (Å²) in [5, 5.41) is 4.09. The minimum absolute atomic E-state index is 0.508. The van der Waals surface area contributed by atoms with Crippen LogP contribution in [0.4, 0.5) is 0 Å². The molecular weight excluding hydrogens is 140 g/mol. The fourth-order valence-corrected chi connectivity index (χ4v) is 0.803. The fourth-order valence-electron chi connectivity index (χ4n) is 0.803. The van der Waals surface area contributed by atoms with Crippen molar-refractivity contribution in [1.29, 1.82) is 0 Å². The highest BCUT2D eigenvalue weighted by atomic mass is 15.3. The Balaban J connectivity index is 2.84. The molecule has 2 N–H and O–H groups in total. The maximum atomic E-state index is 5.59. The van der Waals surface area contributed by atoms with Crippen molar-refractivity contribution < 1.29 is 0 Å². The Bertz CT molecular complexity index is 261. The minimum Gasteiger partial charge on any atom is -0.382 e. The van der Waals surface area contributed by atoms with Crippen molar-refractivity contribution in [2.24, 2.45) is 17.8 Å². The number of hydrogen-bond acceptors (Lipinski definition) is 2. The van der Waals surface area contributed by atoms with E-state index in [1.807, 2.05) is 26.2 Å². The molecule has 1 aromatic heterocycles. The first-order valence-corrected chi connectivity index (χ1v) is 3.54. The average Bonchev–Trinajstić information content (AvgIpc) is 2.36. The monoisotopic (exact) mass is 152 g/mol. The molecule has 0 saturated heterocycles. The lowest BCUT2D eigenvalue weighted by atomic mass is 10.4. The molecule has 4 heteroatoms. The Kier molecular flexibility index (Phi) is 2.25. The van der Waals surface area contributed by atoms with Gasteiger partial charge in [-0.15, -0.1) is 0 Å². The molecule has 0 spiro atoms. The van der Waals surface area contributed by atoms with Gasteiger partial charge >= 0.3 is 0 Å². The van der Waals surface area contributed by atoms with Crippen molar-refractivity contribution in [2.45, 2.75) is 6.92 Å². The van der Waals surface area contributed by atoms with Gasteiger partial charge in [0.2, 0.25) is 0 Å². The van der Waals surface area contributed by atoms with Gasteiger partial charge in [-0.2, -0.15) is 5.10 Å². The normalized spacial score (nSPS) is 12.0. The molecule has 1 heterocycles. The molecule has 11 heavy (non-hydrogen) atoms. The summed E-state index contributed by atoms with van der Waals surface area (Å²) in [6.07, 6.45) is 1.84. The highest BCUT2D eigenvalue weighted by molar-refractivity contribution is 5.95. The third-order valence-corrected chi connectivity index (χ3v) is 1.30. The van der Waals surface area contributed by atoms with E-state index in [4.69, 9.17) is 5.73 Å². The second kappa shape index (κ2) is 3.18. The van der Waals surface area contributed by atoms with Gasteiger partial charge in [0.05, 0.1) is 0 Å². The molecule has 0 aliphatic heterocycles. The van der Waals surface area contributed by atoms with E-state index in [-0.39, 0.29) is 0 Å². The van der Waals surface area contributed by atoms with Crippen LogP contribution in [0.15, 0.2) is 17.3 Å². The predicted molar refractivity (Wildman–Crippen MR) is 44.5 cm³/mol. The van der Waals surface area contributed by atoms with E-state index in [0.717, 1.165) is 5.69 Å². The topological polar surface area (TPSA) is 56.2 Å². The van der Waals surface area contributed by atoms with E-state index in [9.17, 15) is 0 Å². The number of aromatic nitrogens is 2. The number of aliphatic imine (C=N–C) groups is 1. The average molecular weight is 152 g/mol. The summed E-state index contributed by atoms with van der Waals surface area (Å²) >= 11 is 0. The van der Waals surface area contributed by atoms with Crippen LogP contribution in [0.3, 0.4) is 0 Å². The highest BCUT2D eigenvalue weighted by Crippen LogP contribution is 1.92. The summed E-state index contributed by atoms with van der Waals surface area (Å²) < 4.78 is 1.70. The predicted octanol–water partition coefficient (Wildman–Crippen LogP) is 0.145. The van der Waals surface area contributed by atoms with Gasteiger partial charge in [-0.05, 0) is 13.0 Å². The number of hydrogen-bond donors (Lipinski definition) is 1. The SMILES string of the molecule is CCN=C(N)c1ccn(C)n1. The van der Waals surface area contributed by atoms with Gasteiger partial charge in [0.25, 0.3) is 0 Å². The molecule has 0 unspecified atom stereocenters. The number of nitrogens with zero attached hydrogens (tertiary/aromatic N) is 3. The number of nitrogens with two attached hydrogens (primary N) is 1. The van der Waals surface area contributed by atoms with Crippen molar-refractivity contribution in [2.75, 3.05) is 6.54 Å². The van der Waals surface area contributed by atoms with Crippen LogP contribution < -0.4 is 5.73 Å². The smallest absolute Gasteiger partial charge is 0.146 e. The van der Waals surface area contributed by atoms with E-state index >= 15 is 0 Å². The first-order valence-electron chi connectivity index (χ1n) is 3.54. The second-order valence-corrected chi connectivity index (χ2v) is 2.23. The van der Waals surface area contributed by atoms with Crippen molar-refractivity contribution in [3.63, 3.8) is 0 Å². The molecule has 0 atom stereocenters. The molecule has 0 saturated carbocycles. The van der Waals surface area contributed by atoms with Crippen LogP contribution >= 0.6 is 0 Å². The lowest BCUT2D eigenvalue weighted by Crippen LogP contribution is -2.14. The first kappa shape index (κ1) is 7.78. The molecular formula is C7H12N4. The number of amidine groups is 1. The van der Waals surface area contributed by atoms with Gasteiger partial charge in [-0.3, -0.25) is 9.67 Å². The summed E-state index contributed by atoms with van der Waals surface area (Å²) in [6.45, 7) is 2.64. The fraction of sp³-hybridized carbons (Fsp3) is 0.429. The van der Waals surface area contributed by atoms with E-state index in [1.165, 1.54) is 0 Å². The van der Waals surface area contributed by atoms with E-state index < -0.39 is 0 Å². The van der Waals surface area contributed by atoms with Crippen molar-refractivity contribution in [3.8, 4) is 0 Å². The summed E-state index contributed by atoms with van der Waals surface area (Å²) in [5.41, 5.74) is 6.34. The zero-order chi connectivity index (χ0) is 8.27. The second-order valence-electron chi connectivity index (χ2n) is 2.23. The maximum absolute atomic E-state index is 5.59. The van der Waals surface area contributed by atoms with Gasteiger partial charge in [-0.25, -0.2) is 0 Å². The first-order chi connectivity index (χ1) is 5.24. The molecule has 1 aromatic rings. The van der Waals surface area contributed by atoms with Crippen LogP contribution in [0.2, 0.25) is 0 Å². The zero-order valence-corrected chi connectivity index (χ0v) is 6.78. The molecule has 0 radical (unpaired) electrons. The van der Waals surface area contributed by atoms with Crippen LogP contribution in [-0.2, 0) is 7.05 Å². The van der Waals surface area contributed by atoms with Crippen molar-refractivity contribution in [3.05, 3.63) is 18.0 Å². The lowest BCUT2D eigenvalue weighted by Gasteiger charge is -1.92. The third kappa shape index (κ3) is 1.80. The molecule has 4 nitrogen and oxygen atoms in total. The molecule has 0 amide bonds. The Morgan fingerprint density at radius 1 is 1.82 bits per heavy atom. The molecule has 1 rings (SSSR count). The molecule has 0 aliphatic rings. The summed E-state index contributed by atoms with van der Waals surface area (Å²) in [4.78, 5) is 4.03. The molecule has 0 aromatic carbocycles. The van der Waals surface area contributed by atoms with Gasteiger partial charge in [0, 0.05) is 19.8 Å². The standard InChI is InChI=1S/C7H12N4/c1-3-9-7(8)6-4-5-11(2)10-6/h4-5H,3H2,1-2H3,(H2,8,9). The molecule has 0 bridgehead atoms. The summed E-state index contributed by atoms with van der Waals surface area (Å²) in [6, 6.07) is 1.84. The van der Waals surface area contributed by atoms with Crippen LogP contribution in [0, 0.1) is 0 Å². The Morgan fingerprint density at radius 3 is 3.00 bits per heavy atom. The van der Waals surface area contributed by atoms with E-state index in [2.05, 4.69) is 10.1 Å². The minimum atomic E-state index is 0.508. The summed E-state index contributed by atoms with van der Waals surface area (Å²) in [7, 11) is 1.85. The molecule has 0 aliphatic carbocycles. The molecule has 0 fully saturated rings. The third-order valence-electron chi connectivity index (χ3n) is 1.30. The van der Waals surface area contributed by atoms with Crippen LogP contribution in [0.25, 0.3) is 0 Å². The number of rotatable bonds is 2. The number of aryl methyl sites for hydroxylation is 1. The van der Waals surface area contributed by atoms with E-state index in [0.29, 0.717) is 12.4 Å². The van der Waals surface area contributed by atoms with Crippen LogP contribution in [-0.4, -0.2) is 22.2 Å². The van der Waals surface area contributed by atoms with Gasteiger partial charge in [0.1, 0.15) is 11.5 Å². The quantitative estimate of drug-likeness (QED) is 0.484. The maximum Gasteiger partial charge on any atom is 0.146 e. The van der Waals surface area contributed by atoms with Crippen molar-refractivity contribution >= 4 is 5.84 Å². The Morgan fingerprint density at radius 2 is 2.55 bits per heavy atom. The van der Waals surface area contributed by atoms with Crippen LogP contribution in [0.5, 0.6) is 0 Å². The lowest BCUT2D eigenvalue weighted by molar-refractivity contribution is 0.764. The van der Waals surface area contributed by atoms with E-state index in [1.54, 1.807) is 4.68 Å². The van der Waals surface area contributed by atoms with Crippen molar-refractivity contribution in [1.82, 2.24) is 9.78 Å². The summed E-state index contributed by atoms with van der Waals surface area (Å²) in [5.74, 6) is 0.508. The van der Waals surface area contributed by atoms with Gasteiger partial charge < -0.3 is 5.73 Å². The zero-order valence-electron chi connectivity index (χ0n) is 6.78.